The number of para-hydroxylation sites is 4. The maximum absolute atomic E-state index is 8.25. The third-order valence-corrected chi connectivity index (χ3v) is 5.12. The standard InChI is InChI=1S/C28H20N4.Cu.2NO3/c1-5-13-25-21(9-1)17-29-26-14-6-2-11-23(26)19-31-28-16-8-4-12-24(28)20-32-27-15-7-3-10-22(27)18-30-25;;2*2-1(3)4/h1-20H;;;/q;+2;2*-1/b21-17-,22-18+,23-19?,24-20+,29-17?,29-26?,30-18?,30-25+,31-19?,31-28?,32-20?,32-27+;;;. The monoisotopic (exact) mass is 599 g/mol. The zero-order chi connectivity index (χ0) is 28.7. The third-order valence-electron chi connectivity index (χ3n) is 5.12. The van der Waals surface area contributed by atoms with Gasteiger partial charge in [0.25, 0.3) is 0 Å². The third kappa shape index (κ3) is 10.6. The van der Waals surface area contributed by atoms with Gasteiger partial charge in [0.05, 0.1) is 31.6 Å². The molecule has 0 aliphatic carbocycles. The van der Waals surface area contributed by atoms with Crippen molar-refractivity contribution in [2.24, 2.45) is 20.0 Å². The Labute approximate surface area is 241 Å². The number of nitrogens with zero attached hydrogens (tertiary/aromatic N) is 6. The molecule has 0 spiro atoms. The zero-order valence-electron chi connectivity index (χ0n) is 21.0. The minimum atomic E-state index is -1.75. The van der Waals surface area contributed by atoms with Crippen LogP contribution in [0.3, 0.4) is 0 Å². The van der Waals surface area contributed by atoms with Crippen LogP contribution in [0.4, 0.5) is 0 Å². The Balaban J connectivity index is 0.000000583. The molecule has 0 N–H and O–H groups in total. The molecule has 0 unspecified atom stereocenters. The fraction of sp³-hybridized carbons (Fsp3) is 0. The summed E-state index contributed by atoms with van der Waals surface area (Å²) in [6, 6.07) is 31.8. The molecule has 0 aromatic heterocycles. The molecule has 0 saturated carbocycles. The smallest absolute Gasteiger partial charge is 0.356 e. The Hall–Kier alpha value is -5.52. The average Bonchev–Trinajstić information content (AvgIpc) is 2.93. The van der Waals surface area contributed by atoms with Crippen molar-refractivity contribution in [3.05, 3.63) is 170 Å². The normalized spacial score (nSPS) is 15.1. The van der Waals surface area contributed by atoms with Crippen molar-refractivity contribution < 1.29 is 27.2 Å². The van der Waals surface area contributed by atoms with Crippen molar-refractivity contribution in [2.45, 2.75) is 0 Å². The molecule has 5 rings (SSSR count). The molecule has 0 fully saturated rings. The fourth-order valence-electron chi connectivity index (χ4n) is 3.41. The van der Waals surface area contributed by atoms with Crippen LogP contribution in [0.5, 0.6) is 0 Å². The van der Waals surface area contributed by atoms with Gasteiger partial charge in [0, 0.05) is 45.7 Å². The maximum atomic E-state index is 8.25. The van der Waals surface area contributed by atoms with Gasteiger partial charge < -0.3 is 30.6 Å². The molecule has 4 aromatic rings. The van der Waals surface area contributed by atoms with E-state index in [4.69, 9.17) is 50.6 Å². The summed E-state index contributed by atoms with van der Waals surface area (Å²) in [6.07, 6.45) is 7.40. The first kappa shape index (κ1) is 31.7. The number of hydrogen-bond donors (Lipinski definition) is 0. The van der Waals surface area contributed by atoms with Crippen molar-refractivity contribution >= 4 is 24.8 Å². The van der Waals surface area contributed by atoms with Crippen molar-refractivity contribution in [1.82, 2.24) is 0 Å². The van der Waals surface area contributed by atoms with E-state index in [1.165, 1.54) is 0 Å². The van der Waals surface area contributed by atoms with Crippen LogP contribution >= 0.6 is 0 Å². The molecule has 0 bridgehead atoms. The predicted molar refractivity (Wildman–Crippen MR) is 147 cm³/mol. The molecule has 0 amide bonds. The molecular weight excluding hydrogens is 580 g/mol. The van der Waals surface area contributed by atoms with E-state index in [1.807, 2.05) is 122 Å². The molecule has 4 aromatic carbocycles. The van der Waals surface area contributed by atoms with Crippen LogP contribution in [0, 0.1) is 30.6 Å². The molecule has 12 nitrogen and oxygen atoms in total. The Bertz CT molecular complexity index is 1600. The van der Waals surface area contributed by atoms with E-state index in [0.29, 0.717) is 0 Å². The van der Waals surface area contributed by atoms with Gasteiger partial charge in [-0.2, -0.15) is 0 Å². The summed E-state index contributed by atoms with van der Waals surface area (Å²) < 4.78 is 0. The molecule has 13 heteroatoms. The first-order chi connectivity index (χ1) is 19.3. The number of rotatable bonds is 0. The van der Waals surface area contributed by atoms with Gasteiger partial charge in [0.15, 0.2) is 0 Å². The van der Waals surface area contributed by atoms with Crippen molar-refractivity contribution in [3.63, 3.8) is 0 Å². The molecule has 1 radical (unpaired) electrons. The molecule has 41 heavy (non-hydrogen) atoms. The van der Waals surface area contributed by atoms with E-state index in [9.17, 15) is 0 Å². The van der Waals surface area contributed by atoms with Crippen LogP contribution in [-0.2, 0) is 17.1 Å². The van der Waals surface area contributed by atoms with Gasteiger partial charge in [-0.15, -0.1) is 0 Å². The Morgan fingerprint density at radius 3 is 0.756 bits per heavy atom. The van der Waals surface area contributed by atoms with Crippen LogP contribution in [0.1, 0.15) is 0 Å². The molecule has 0 saturated heterocycles. The molecule has 1 heterocycles. The first-order valence-corrected chi connectivity index (χ1v) is 11.5. The minimum Gasteiger partial charge on any atom is -0.356 e. The van der Waals surface area contributed by atoms with Crippen molar-refractivity contribution in [3.8, 4) is 0 Å². The van der Waals surface area contributed by atoms with Gasteiger partial charge in [0.2, 0.25) is 0 Å². The molecule has 0 atom stereocenters. The van der Waals surface area contributed by atoms with E-state index < -0.39 is 10.2 Å². The summed E-state index contributed by atoms with van der Waals surface area (Å²) >= 11 is 0. The van der Waals surface area contributed by atoms with Gasteiger partial charge in [-0.25, -0.2) is 0 Å². The van der Waals surface area contributed by atoms with E-state index in [0.717, 1.165) is 42.3 Å². The zero-order valence-corrected chi connectivity index (χ0v) is 21.9. The van der Waals surface area contributed by atoms with E-state index in [2.05, 4.69) is 0 Å². The first-order valence-electron chi connectivity index (χ1n) is 11.5. The largest absolute Gasteiger partial charge is 2.00 e. The van der Waals surface area contributed by atoms with E-state index in [1.54, 1.807) is 0 Å². The summed E-state index contributed by atoms with van der Waals surface area (Å²) in [7, 11) is 0. The van der Waals surface area contributed by atoms with Gasteiger partial charge in [-0.05, 0) is 24.3 Å². The average molecular weight is 600 g/mol. The summed E-state index contributed by atoms with van der Waals surface area (Å²) in [5, 5.41) is 36.6. The molecule has 1 aliphatic heterocycles. The summed E-state index contributed by atoms with van der Waals surface area (Å²) in [5.41, 5.74) is 0. The van der Waals surface area contributed by atoms with Crippen LogP contribution in [0.2, 0.25) is 0 Å². The molecule has 1 aliphatic rings. The van der Waals surface area contributed by atoms with E-state index in [-0.39, 0.29) is 17.1 Å². The van der Waals surface area contributed by atoms with E-state index >= 15 is 0 Å². The molecule has 209 valence electrons. The summed E-state index contributed by atoms with van der Waals surface area (Å²) in [4.78, 5) is 35.5. The number of benzene rings is 4. The van der Waals surface area contributed by atoms with Gasteiger partial charge in [-0.1, -0.05) is 72.8 Å². The second kappa shape index (κ2) is 16.4. The van der Waals surface area contributed by atoms with Crippen LogP contribution < -0.4 is 42.3 Å². The topological polar surface area (TPSA) is 182 Å². The van der Waals surface area contributed by atoms with Gasteiger partial charge >= 0.3 is 17.1 Å². The Morgan fingerprint density at radius 2 is 0.561 bits per heavy atom. The van der Waals surface area contributed by atoms with Crippen molar-refractivity contribution in [2.75, 3.05) is 0 Å². The second-order valence-electron chi connectivity index (χ2n) is 7.72. The molecular formula is C28H20CuN6O6. The SMILES string of the molecule is C1=c2ccccc2=N/C=c2/cccc/c2=N\C=c2/cccc/c2=N\C=c2/ccccc2=N1.O=[N+]([O-])[O-].O=[N+]([O-])[O-].[Cu+2]. The quantitative estimate of drug-likeness (QED) is 0.152. The summed E-state index contributed by atoms with van der Waals surface area (Å²) in [6.45, 7) is 0. The Morgan fingerprint density at radius 1 is 0.390 bits per heavy atom. The maximum Gasteiger partial charge on any atom is 2.00 e. The van der Waals surface area contributed by atoms with Crippen LogP contribution in [-0.4, -0.2) is 10.2 Å². The second-order valence-corrected chi connectivity index (χ2v) is 7.72. The number of fused-ring (bicyclic) bond motifs is 4. The van der Waals surface area contributed by atoms with Gasteiger partial charge in [-0.3, -0.25) is 20.0 Å². The summed E-state index contributed by atoms with van der Waals surface area (Å²) in [5.74, 6) is 0. The fourth-order valence-corrected chi connectivity index (χ4v) is 3.41. The predicted octanol–water partition coefficient (Wildman–Crippen LogP) is -0.249. The Kier molecular flexibility index (Phi) is 12.7. The van der Waals surface area contributed by atoms with Crippen LogP contribution in [0.15, 0.2) is 117 Å². The van der Waals surface area contributed by atoms with Crippen LogP contribution in [0.25, 0.3) is 24.8 Å². The van der Waals surface area contributed by atoms with Gasteiger partial charge in [0.1, 0.15) is 0 Å². The minimum absolute atomic E-state index is 0. The number of hydrogen-bond acceptors (Lipinski definition) is 10. The van der Waals surface area contributed by atoms with Crippen molar-refractivity contribution in [1.29, 1.82) is 0 Å².